The predicted octanol–water partition coefficient (Wildman–Crippen LogP) is -3.39. The van der Waals surface area contributed by atoms with Gasteiger partial charge >= 0.3 is 0 Å². The smallest absolute Gasteiger partial charge is 0.155 e. The van der Waals surface area contributed by atoms with Gasteiger partial charge in [-0.05, 0) is 18.1 Å². The van der Waals surface area contributed by atoms with Gasteiger partial charge in [0.1, 0.15) is 15.7 Å². The minimum atomic E-state index is -1.07. The Morgan fingerprint density at radius 1 is 1.00 bits per heavy atom. The molecule has 104 valence electrons. The lowest BCUT2D eigenvalue weighted by atomic mass is 9.12. The highest BCUT2D eigenvalue weighted by Gasteiger charge is 2.63. The molecule has 0 bridgehead atoms. The van der Waals surface area contributed by atoms with E-state index in [0.717, 1.165) is 5.56 Å². The number of carbonyl (C=O) groups is 1. The van der Waals surface area contributed by atoms with Crippen LogP contribution in [0, 0.1) is 0 Å². The van der Waals surface area contributed by atoms with Crippen LogP contribution in [0.1, 0.15) is 12.0 Å². The molecule has 9 heteroatoms. The van der Waals surface area contributed by atoms with Crippen LogP contribution in [0.3, 0.4) is 0 Å². The molecule has 1 aliphatic carbocycles. The van der Waals surface area contributed by atoms with Crippen molar-refractivity contribution in [3.63, 3.8) is 0 Å². The quantitative estimate of drug-likeness (QED) is 0.549. The summed E-state index contributed by atoms with van der Waals surface area (Å²) in [5.41, 5.74) is 6.44. The van der Waals surface area contributed by atoms with Crippen LogP contribution < -0.4 is 5.73 Å². The molecule has 0 amide bonds. The molecule has 21 heavy (non-hydrogen) atoms. The van der Waals surface area contributed by atoms with E-state index < -0.39 is 10.8 Å². The molecule has 0 aromatic heterocycles. The van der Waals surface area contributed by atoms with Gasteiger partial charge in [-0.1, -0.05) is 45.4 Å². The average Bonchev–Trinajstić information content (AvgIpc) is 2.35. The summed E-state index contributed by atoms with van der Waals surface area (Å²) in [6.45, 7) is 0. The standard InChI is InChI=1S/C12H20B6ClNO/c13-9(14)5-8(21)10(20,12(17,18)11(9,15)16)6-3-1-2-4-7(6)19/h1-4H,5,13-18,20H2. The predicted molar refractivity (Wildman–Crippen MR) is 106 cm³/mol. The number of rotatable bonds is 1. The van der Waals surface area contributed by atoms with E-state index in [1.54, 1.807) is 0 Å². The maximum Gasteiger partial charge on any atom is 0.155 e. The summed E-state index contributed by atoms with van der Waals surface area (Å²) in [4.78, 5) is 13.0. The van der Waals surface area contributed by atoms with E-state index in [1.807, 2.05) is 24.3 Å². The number of nitrogens with two attached hydrogens (primary N) is 1. The maximum atomic E-state index is 13.0. The average molecular weight is 295 g/mol. The summed E-state index contributed by atoms with van der Waals surface area (Å²) in [5.74, 6) is 0.0740. The van der Waals surface area contributed by atoms with Gasteiger partial charge in [-0.3, -0.25) is 4.79 Å². The number of hydrogen-bond donors (Lipinski definition) is 1. The maximum absolute atomic E-state index is 13.0. The zero-order chi connectivity index (χ0) is 16.3. The van der Waals surface area contributed by atoms with E-state index in [0.29, 0.717) is 11.4 Å². The summed E-state index contributed by atoms with van der Waals surface area (Å²) in [5, 5.41) is -0.0967. The van der Waals surface area contributed by atoms with Crippen molar-refractivity contribution in [1.82, 2.24) is 0 Å². The van der Waals surface area contributed by atoms with Crippen LogP contribution in [-0.2, 0) is 10.3 Å². The summed E-state index contributed by atoms with van der Waals surface area (Å²) < 4.78 is 0. The van der Waals surface area contributed by atoms with Crippen LogP contribution >= 0.6 is 11.6 Å². The topological polar surface area (TPSA) is 43.1 Å². The number of ketones is 1. The second-order valence-corrected chi connectivity index (χ2v) is 8.43. The van der Waals surface area contributed by atoms with Gasteiger partial charge in [0.05, 0.1) is 36.9 Å². The molecule has 2 nitrogen and oxygen atoms in total. The van der Waals surface area contributed by atoms with Crippen molar-refractivity contribution >= 4 is 64.5 Å². The van der Waals surface area contributed by atoms with E-state index in [9.17, 15) is 4.79 Å². The van der Waals surface area contributed by atoms with Crippen molar-refractivity contribution in [3.8, 4) is 0 Å². The molecule has 1 saturated carbocycles. The summed E-state index contributed by atoms with van der Waals surface area (Å²) >= 11 is 6.37. The first kappa shape index (κ1) is 16.9. The van der Waals surface area contributed by atoms with Gasteiger partial charge in [-0.15, -0.1) is 0 Å². The fourth-order valence-electron chi connectivity index (χ4n) is 3.72. The van der Waals surface area contributed by atoms with Crippen LogP contribution in [0.2, 0.25) is 20.7 Å². The highest BCUT2D eigenvalue weighted by atomic mass is 35.5. The Morgan fingerprint density at radius 3 is 2.05 bits per heavy atom. The normalized spacial score (nSPS) is 29.9. The Hall–Kier alpha value is -0.470. The zero-order valence-corrected chi connectivity index (χ0v) is 14.6. The Balaban J connectivity index is 2.74. The number of carbonyl (C=O) groups excluding carboxylic acids is 1. The van der Waals surface area contributed by atoms with E-state index in [-0.39, 0.29) is 16.2 Å². The SMILES string of the molecule is BC1(B)CC(=O)C(N)(c2ccccc2Cl)C(B)(B)C1(B)B. The van der Waals surface area contributed by atoms with Gasteiger partial charge in [0.15, 0.2) is 5.78 Å². The number of Topliss-reactive ketones (excluding diaryl/α,β-unsaturated/α-hetero) is 1. The molecule has 1 aromatic rings. The second-order valence-electron chi connectivity index (χ2n) is 8.02. The number of halogens is 1. The molecule has 0 aliphatic heterocycles. The van der Waals surface area contributed by atoms with E-state index in [1.165, 1.54) is 0 Å². The molecule has 1 unspecified atom stereocenters. The summed E-state index contributed by atoms with van der Waals surface area (Å²) in [7, 11) is 12.9. The molecule has 1 aliphatic rings. The third-order valence-electron chi connectivity index (χ3n) is 6.58. The first-order valence-electron chi connectivity index (χ1n) is 7.47. The molecular formula is C12H20B6ClNO. The van der Waals surface area contributed by atoms with E-state index in [2.05, 4.69) is 47.1 Å². The molecule has 1 aromatic carbocycles. The Kier molecular flexibility index (Phi) is 3.83. The lowest BCUT2D eigenvalue weighted by Gasteiger charge is -2.64. The molecule has 0 radical (unpaired) electrons. The molecule has 0 heterocycles. The number of hydrogen-bond acceptors (Lipinski definition) is 2. The zero-order valence-electron chi connectivity index (χ0n) is 13.9. The minimum absolute atomic E-state index is 0.0740. The molecule has 0 saturated heterocycles. The first-order valence-corrected chi connectivity index (χ1v) is 7.84. The number of benzene rings is 1. The summed E-state index contributed by atoms with van der Waals surface area (Å²) in [6, 6.07) is 7.45. The first-order chi connectivity index (χ1) is 9.39. The molecule has 0 spiro atoms. The van der Waals surface area contributed by atoms with Crippen LogP contribution in [0.25, 0.3) is 0 Å². The van der Waals surface area contributed by atoms with Crippen molar-refractivity contribution in [1.29, 1.82) is 0 Å². The molecule has 1 atom stereocenters. The Bertz CT molecular complexity index is 605. The van der Waals surface area contributed by atoms with Crippen molar-refractivity contribution in [3.05, 3.63) is 34.9 Å². The fourth-order valence-corrected chi connectivity index (χ4v) is 4.00. The second kappa shape index (κ2) is 4.76. The fraction of sp³-hybridized carbons (Fsp3) is 0.417. The molecule has 1 fully saturated rings. The molecular weight excluding hydrogens is 274 g/mol. The van der Waals surface area contributed by atoms with E-state index >= 15 is 0 Å². The van der Waals surface area contributed by atoms with Crippen LogP contribution in [-0.4, -0.2) is 52.9 Å². The van der Waals surface area contributed by atoms with Gasteiger partial charge in [0.25, 0.3) is 0 Å². The van der Waals surface area contributed by atoms with Gasteiger partial charge in [-0.2, -0.15) is 0 Å². The van der Waals surface area contributed by atoms with Gasteiger partial charge < -0.3 is 5.73 Å². The van der Waals surface area contributed by atoms with Crippen molar-refractivity contribution in [2.75, 3.05) is 0 Å². The van der Waals surface area contributed by atoms with Crippen molar-refractivity contribution in [2.45, 2.75) is 27.6 Å². The third kappa shape index (κ3) is 2.02. The van der Waals surface area contributed by atoms with Gasteiger partial charge in [0, 0.05) is 5.02 Å². The third-order valence-corrected chi connectivity index (χ3v) is 6.91. The highest BCUT2D eigenvalue weighted by molar-refractivity contribution is 6.63. The van der Waals surface area contributed by atoms with Crippen molar-refractivity contribution in [2.24, 2.45) is 5.73 Å². The van der Waals surface area contributed by atoms with Crippen LogP contribution in [0.4, 0.5) is 0 Å². The lowest BCUT2D eigenvalue weighted by Crippen LogP contribution is -2.66. The lowest BCUT2D eigenvalue weighted by molar-refractivity contribution is -0.127. The minimum Gasteiger partial charge on any atom is -0.316 e. The van der Waals surface area contributed by atoms with Gasteiger partial charge in [0.2, 0.25) is 0 Å². The van der Waals surface area contributed by atoms with E-state index in [4.69, 9.17) is 17.3 Å². The Labute approximate surface area is 137 Å². The molecule has 2 N–H and O–H groups in total. The highest BCUT2D eigenvalue weighted by Crippen LogP contribution is 2.68. The van der Waals surface area contributed by atoms with Gasteiger partial charge in [-0.25, -0.2) is 0 Å². The molecule has 2 rings (SSSR count). The monoisotopic (exact) mass is 295 g/mol. The van der Waals surface area contributed by atoms with Crippen LogP contribution in [0.5, 0.6) is 0 Å². The van der Waals surface area contributed by atoms with Crippen molar-refractivity contribution < 1.29 is 4.79 Å². The van der Waals surface area contributed by atoms with Crippen LogP contribution in [0.15, 0.2) is 24.3 Å². The Morgan fingerprint density at radius 2 is 1.52 bits per heavy atom. The summed E-state index contributed by atoms with van der Waals surface area (Å²) in [6.07, 6.45) is 0.463. The largest absolute Gasteiger partial charge is 0.316 e.